The summed E-state index contributed by atoms with van der Waals surface area (Å²) < 4.78 is 4.94. The summed E-state index contributed by atoms with van der Waals surface area (Å²) in [5, 5.41) is 0. The van der Waals surface area contributed by atoms with E-state index in [1.54, 1.807) is 0 Å². The van der Waals surface area contributed by atoms with Gasteiger partial charge in [-0.2, -0.15) is 0 Å². The highest BCUT2D eigenvalue weighted by Crippen LogP contribution is 2.21. The second kappa shape index (κ2) is 5.35. The topological polar surface area (TPSA) is 29.5 Å². The maximum absolute atomic E-state index is 11.3. The van der Waals surface area contributed by atoms with Gasteiger partial charge in [-0.3, -0.25) is 9.69 Å². The molecule has 14 heavy (non-hydrogen) atoms. The van der Waals surface area contributed by atoms with E-state index in [0.29, 0.717) is 19.2 Å². The first-order valence-corrected chi connectivity index (χ1v) is 5.53. The smallest absolute Gasteiger partial charge is 0.320 e. The molecule has 0 aromatic heterocycles. The summed E-state index contributed by atoms with van der Waals surface area (Å²) in [6.07, 6.45) is 2.39. The van der Waals surface area contributed by atoms with E-state index in [2.05, 4.69) is 18.7 Å². The first kappa shape index (κ1) is 11.5. The zero-order chi connectivity index (χ0) is 10.6. The number of carbonyl (C=O) groups is 1. The predicted molar refractivity (Wildman–Crippen MR) is 56.1 cm³/mol. The summed E-state index contributed by atoms with van der Waals surface area (Å²) in [7, 11) is 0. The van der Waals surface area contributed by atoms with Crippen LogP contribution in [-0.2, 0) is 9.53 Å². The lowest BCUT2D eigenvalue weighted by Gasteiger charge is -2.35. The quantitative estimate of drug-likeness (QED) is 0.648. The zero-order valence-corrected chi connectivity index (χ0v) is 9.45. The van der Waals surface area contributed by atoms with Crippen LogP contribution < -0.4 is 0 Å². The van der Waals surface area contributed by atoms with Crippen LogP contribution in [0.25, 0.3) is 0 Å². The summed E-state index contributed by atoms with van der Waals surface area (Å²) in [5.74, 6) is 0.706. The fourth-order valence-corrected chi connectivity index (χ4v) is 2.06. The van der Waals surface area contributed by atoms with Crippen molar-refractivity contribution in [3.05, 3.63) is 0 Å². The molecule has 0 amide bonds. The summed E-state index contributed by atoms with van der Waals surface area (Å²) in [6, 6.07) is 0.517. The highest BCUT2D eigenvalue weighted by Gasteiger charge is 2.24. The average molecular weight is 199 g/mol. The van der Waals surface area contributed by atoms with E-state index in [0.717, 1.165) is 12.5 Å². The largest absolute Gasteiger partial charge is 0.465 e. The van der Waals surface area contributed by atoms with Gasteiger partial charge >= 0.3 is 5.97 Å². The van der Waals surface area contributed by atoms with Crippen molar-refractivity contribution in [2.75, 3.05) is 19.7 Å². The maximum Gasteiger partial charge on any atom is 0.320 e. The van der Waals surface area contributed by atoms with Crippen LogP contribution in [0.5, 0.6) is 0 Å². The molecule has 1 rings (SSSR count). The van der Waals surface area contributed by atoms with E-state index in [9.17, 15) is 4.79 Å². The van der Waals surface area contributed by atoms with Crippen molar-refractivity contribution in [2.24, 2.45) is 5.92 Å². The molecule has 0 spiro atoms. The monoisotopic (exact) mass is 199 g/mol. The lowest BCUT2D eigenvalue weighted by atomic mass is 9.93. The van der Waals surface area contributed by atoms with Gasteiger partial charge in [0.15, 0.2) is 0 Å². The van der Waals surface area contributed by atoms with Crippen LogP contribution in [0.2, 0.25) is 0 Å². The number of piperidine rings is 1. The highest BCUT2D eigenvalue weighted by molar-refractivity contribution is 5.71. The maximum atomic E-state index is 11.3. The molecular formula is C11H21NO2. The Hall–Kier alpha value is -0.570. The number of hydrogen-bond donors (Lipinski definition) is 0. The molecule has 1 aliphatic heterocycles. The number of ether oxygens (including phenoxy) is 1. The molecule has 0 bridgehead atoms. The molecule has 0 radical (unpaired) electrons. The van der Waals surface area contributed by atoms with Crippen LogP contribution in [-0.4, -0.2) is 36.6 Å². The summed E-state index contributed by atoms with van der Waals surface area (Å²) in [4.78, 5) is 13.5. The Morgan fingerprint density at radius 2 is 2.21 bits per heavy atom. The molecule has 82 valence electrons. The molecule has 2 unspecified atom stereocenters. The summed E-state index contributed by atoms with van der Waals surface area (Å²) in [5.41, 5.74) is 0. The third kappa shape index (κ3) is 3.29. The molecule has 1 fully saturated rings. The molecule has 0 aromatic carbocycles. The molecule has 0 N–H and O–H groups in total. The van der Waals surface area contributed by atoms with Gasteiger partial charge in [-0.15, -0.1) is 0 Å². The predicted octanol–water partition coefficient (Wildman–Crippen LogP) is 1.67. The third-order valence-corrected chi connectivity index (χ3v) is 2.91. The van der Waals surface area contributed by atoms with E-state index in [4.69, 9.17) is 4.74 Å². The molecule has 1 saturated heterocycles. The summed E-state index contributed by atoms with van der Waals surface area (Å²) >= 11 is 0. The van der Waals surface area contributed by atoms with Crippen molar-refractivity contribution < 1.29 is 9.53 Å². The molecule has 2 atom stereocenters. The lowest BCUT2D eigenvalue weighted by Crippen LogP contribution is -2.43. The van der Waals surface area contributed by atoms with E-state index >= 15 is 0 Å². The molecule has 0 aliphatic carbocycles. The van der Waals surface area contributed by atoms with Crippen molar-refractivity contribution in [3.8, 4) is 0 Å². The lowest BCUT2D eigenvalue weighted by molar-refractivity contribution is -0.145. The number of likely N-dealkylation sites (tertiary alicyclic amines) is 1. The van der Waals surface area contributed by atoms with Crippen LogP contribution in [0.15, 0.2) is 0 Å². The van der Waals surface area contributed by atoms with Gasteiger partial charge in [-0.25, -0.2) is 0 Å². The Balaban J connectivity index is 2.33. The minimum absolute atomic E-state index is 0.0890. The Kier molecular flexibility index (Phi) is 4.39. The van der Waals surface area contributed by atoms with Crippen molar-refractivity contribution in [1.82, 2.24) is 4.90 Å². The van der Waals surface area contributed by atoms with E-state index in [-0.39, 0.29) is 5.97 Å². The third-order valence-electron chi connectivity index (χ3n) is 2.91. The van der Waals surface area contributed by atoms with Crippen LogP contribution >= 0.6 is 0 Å². The number of rotatable bonds is 3. The fraction of sp³-hybridized carbons (Fsp3) is 0.909. The van der Waals surface area contributed by atoms with Crippen LogP contribution in [0, 0.1) is 5.92 Å². The first-order chi connectivity index (χ1) is 6.63. The minimum atomic E-state index is -0.0890. The van der Waals surface area contributed by atoms with Crippen molar-refractivity contribution in [3.63, 3.8) is 0 Å². The Bertz CT molecular complexity index is 194. The molecule has 3 heteroatoms. The van der Waals surface area contributed by atoms with Gasteiger partial charge in [-0.1, -0.05) is 6.92 Å². The molecule has 0 aromatic rings. The number of hydrogen-bond acceptors (Lipinski definition) is 3. The Morgan fingerprint density at radius 3 is 2.79 bits per heavy atom. The van der Waals surface area contributed by atoms with Crippen molar-refractivity contribution in [2.45, 2.75) is 39.7 Å². The second-order valence-electron chi connectivity index (χ2n) is 4.25. The molecule has 1 heterocycles. The van der Waals surface area contributed by atoms with Gasteiger partial charge in [0.1, 0.15) is 0 Å². The van der Waals surface area contributed by atoms with Gasteiger partial charge in [0.25, 0.3) is 0 Å². The number of nitrogens with zero attached hydrogens (tertiary/aromatic N) is 1. The van der Waals surface area contributed by atoms with Crippen LogP contribution in [0.4, 0.5) is 0 Å². The second-order valence-corrected chi connectivity index (χ2v) is 4.25. The molecular weight excluding hydrogens is 178 g/mol. The van der Waals surface area contributed by atoms with Gasteiger partial charge in [-0.05, 0) is 39.2 Å². The Morgan fingerprint density at radius 1 is 1.50 bits per heavy atom. The Labute approximate surface area is 86.4 Å². The van der Waals surface area contributed by atoms with Gasteiger partial charge < -0.3 is 4.74 Å². The van der Waals surface area contributed by atoms with Gasteiger partial charge in [0.2, 0.25) is 0 Å². The van der Waals surface area contributed by atoms with E-state index < -0.39 is 0 Å². The zero-order valence-electron chi connectivity index (χ0n) is 9.45. The highest BCUT2D eigenvalue weighted by atomic mass is 16.5. The molecule has 1 aliphatic rings. The number of esters is 1. The standard InChI is InChI=1S/C11H21NO2/c1-4-14-11(13)8-12-6-5-9(2)7-10(12)3/h9-10H,4-8H2,1-3H3. The van der Waals surface area contributed by atoms with E-state index in [1.165, 1.54) is 12.8 Å². The van der Waals surface area contributed by atoms with E-state index in [1.807, 2.05) is 6.92 Å². The van der Waals surface area contributed by atoms with Gasteiger partial charge in [0.05, 0.1) is 13.2 Å². The van der Waals surface area contributed by atoms with Crippen molar-refractivity contribution in [1.29, 1.82) is 0 Å². The summed E-state index contributed by atoms with van der Waals surface area (Å²) in [6.45, 7) is 8.28. The first-order valence-electron chi connectivity index (χ1n) is 5.53. The van der Waals surface area contributed by atoms with Crippen LogP contribution in [0.3, 0.4) is 0 Å². The molecule has 0 saturated carbocycles. The minimum Gasteiger partial charge on any atom is -0.465 e. The SMILES string of the molecule is CCOC(=O)CN1CCC(C)CC1C. The average Bonchev–Trinajstić information content (AvgIpc) is 2.10. The van der Waals surface area contributed by atoms with Gasteiger partial charge in [0, 0.05) is 6.04 Å². The van der Waals surface area contributed by atoms with Crippen LogP contribution in [0.1, 0.15) is 33.6 Å². The van der Waals surface area contributed by atoms with Crippen molar-refractivity contribution >= 4 is 5.97 Å². The molecule has 3 nitrogen and oxygen atoms in total. The normalized spacial score (nSPS) is 28.8. The number of carbonyl (C=O) groups excluding carboxylic acids is 1. The fourth-order valence-electron chi connectivity index (χ4n) is 2.06.